The Bertz CT molecular complexity index is 1280. The molecule has 5 fully saturated rings. The zero-order valence-corrected chi connectivity index (χ0v) is 20.1. The molecule has 6 heteroatoms. The van der Waals surface area contributed by atoms with Gasteiger partial charge in [0.05, 0.1) is 5.56 Å². The van der Waals surface area contributed by atoms with E-state index in [2.05, 4.69) is 26.9 Å². The van der Waals surface area contributed by atoms with Crippen molar-refractivity contribution in [3.05, 3.63) is 63.6 Å². The molecule has 0 radical (unpaired) electrons. The highest BCUT2D eigenvalue weighted by Gasteiger charge is 2.76. The molecule has 2 aliphatic heterocycles. The number of fused-ring (bicyclic) bond motifs is 1. The minimum Gasteiger partial charge on any atom is -0.508 e. The monoisotopic (exact) mass is 471 g/mol. The summed E-state index contributed by atoms with van der Waals surface area (Å²) in [7, 11) is 0. The molecule has 1 aromatic carbocycles. The zero-order chi connectivity index (χ0) is 23.5. The summed E-state index contributed by atoms with van der Waals surface area (Å²) in [6, 6.07) is 10.9. The SMILES string of the molecule is O=C(c1ccc(=O)[nH]c1)N1CC2CC34CCC1C2C31CCN(C2CCC2)[C@@H]4Cc2ccc(O)cc21. The van der Waals surface area contributed by atoms with Gasteiger partial charge in [0.15, 0.2) is 0 Å². The topological polar surface area (TPSA) is 76.6 Å². The number of nitrogens with one attached hydrogen (secondary N) is 1. The van der Waals surface area contributed by atoms with Crippen LogP contribution in [0.25, 0.3) is 0 Å². The van der Waals surface area contributed by atoms with Crippen LogP contribution in [0.2, 0.25) is 0 Å². The number of aromatic amines is 1. The molecule has 6 nitrogen and oxygen atoms in total. The first kappa shape index (κ1) is 20.6. The summed E-state index contributed by atoms with van der Waals surface area (Å²) < 4.78 is 0. The van der Waals surface area contributed by atoms with Gasteiger partial charge in [0.25, 0.3) is 5.91 Å². The molecule has 0 spiro atoms. The van der Waals surface area contributed by atoms with Crippen LogP contribution in [-0.4, -0.2) is 57.0 Å². The van der Waals surface area contributed by atoms with Crippen molar-refractivity contribution >= 4 is 5.91 Å². The predicted molar refractivity (Wildman–Crippen MR) is 131 cm³/mol. The van der Waals surface area contributed by atoms with Crippen molar-refractivity contribution in [2.45, 2.75) is 74.9 Å². The number of rotatable bonds is 2. The Morgan fingerprint density at radius 1 is 1.11 bits per heavy atom. The molecule has 3 saturated carbocycles. The van der Waals surface area contributed by atoms with Gasteiger partial charge in [0.1, 0.15) is 5.75 Å². The van der Waals surface area contributed by atoms with E-state index in [0.29, 0.717) is 29.2 Å². The van der Waals surface area contributed by atoms with Crippen LogP contribution in [0, 0.1) is 17.3 Å². The van der Waals surface area contributed by atoms with E-state index in [1.807, 2.05) is 6.07 Å². The normalized spacial score (nSPS) is 39.1. The lowest BCUT2D eigenvalue weighted by Gasteiger charge is -2.68. The number of phenols is 1. The number of aromatic hydroxyl groups is 1. The van der Waals surface area contributed by atoms with Crippen LogP contribution in [0.15, 0.2) is 41.3 Å². The van der Waals surface area contributed by atoms with Crippen LogP contribution < -0.4 is 5.56 Å². The molecule has 5 unspecified atom stereocenters. The van der Waals surface area contributed by atoms with Gasteiger partial charge in [0, 0.05) is 42.3 Å². The summed E-state index contributed by atoms with van der Waals surface area (Å²) in [5.41, 5.74) is 3.55. The van der Waals surface area contributed by atoms with Crippen molar-refractivity contribution in [3.63, 3.8) is 0 Å². The van der Waals surface area contributed by atoms with Crippen molar-refractivity contribution in [1.29, 1.82) is 0 Å². The number of piperidine rings is 1. The molecular weight excluding hydrogens is 438 g/mol. The third-order valence-corrected chi connectivity index (χ3v) is 11.3. The van der Waals surface area contributed by atoms with Gasteiger partial charge in [-0.25, -0.2) is 0 Å². The molecule has 1 aromatic heterocycles. The first-order valence-corrected chi connectivity index (χ1v) is 13.6. The molecule has 1 amide bonds. The molecule has 4 aliphatic carbocycles. The second-order valence-corrected chi connectivity index (χ2v) is 12.3. The Kier molecular flexibility index (Phi) is 3.99. The maximum Gasteiger partial charge on any atom is 0.255 e. The van der Waals surface area contributed by atoms with E-state index in [-0.39, 0.29) is 28.3 Å². The van der Waals surface area contributed by atoms with Crippen LogP contribution in [0.4, 0.5) is 0 Å². The number of amides is 1. The lowest BCUT2D eigenvalue weighted by molar-refractivity contribution is -0.122. The number of hydrogen-bond donors (Lipinski definition) is 2. The smallest absolute Gasteiger partial charge is 0.255 e. The largest absolute Gasteiger partial charge is 0.508 e. The lowest BCUT2D eigenvalue weighted by atomic mass is 9.43. The molecular formula is C29H33N3O3. The third kappa shape index (κ3) is 2.40. The molecule has 2 aromatic rings. The average molecular weight is 472 g/mol. The van der Waals surface area contributed by atoms with Gasteiger partial charge < -0.3 is 15.0 Å². The van der Waals surface area contributed by atoms with Crippen molar-refractivity contribution < 1.29 is 9.90 Å². The molecule has 35 heavy (non-hydrogen) atoms. The fraction of sp³-hybridized carbons (Fsp3) is 0.586. The highest BCUT2D eigenvalue weighted by molar-refractivity contribution is 5.94. The zero-order valence-electron chi connectivity index (χ0n) is 20.1. The van der Waals surface area contributed by atoms with E-state index in [0.717, 1.165) is 38.4 Å². The van der Waals surface area contributed by atoms with Crippen LogP contribution >= 0.6 is 0 Å². The summed E-state index contributed by atoms with van der Waals surface area (Å²) in [5, 5.41) is 10.6. The number of carbonyl (C=O) groups excluding carboxylic acids is 1. The third-order valence-electron chi connectivity index (χ3n) is 11.3. The van der Waals surface area contributed by atoms with Crippen LogP contribution in [0.5, 0.6) is 5.75 Å². The van der Waals surface area contributed by atoms with Gasteiger partial charge in [0.2, 0.25) is 5.56 Å². The quantitative estimate of drug-likeness (QED) is 0.704. The molecule has 8 rings (SSSR count). The second-order valence-electron chi connectivity index (χ2n) is 12.3. The average Bonchev–Trinajstić information content (AvgIpc) is 3.26. The fourth-order valence-electron chi connectivity index (χ4n) is 10.1. The van der Waals surface area contributed by atoms with E-state index >= 15 is 0 Å². The van der Waals surface area contributed by atoms with Crippen molar-refractivity contribution in [2.75, 3.05) is 13.1 Å². The molecule has 182 valence electrons. The van der Waals surface area contributed by atoms with E-state index in [1.165, 1.54) is 49.3 Å². The van der Waals surface area contributed by atoms with Crippen molar-refractivity contribution in [3.8, 4) is 5.75 Å². The number of hydrogen-bond acceptors (Lipinski definition) is 4. The van der Waals surface area contributed by atoms with Gasteiger partial charge in [-0.2, -0.15) is 0 Å². The number of phenolic OH excluding ortho intramolecular Hbond substituents is 1. The van der Waals surface area contributed by atoms with Gasteiger partial charge in [-0.05, 0) is 98.1 Å². The number of aromatic nitrogens is 1. The van der Waals surface area contributed by atoms with E-state index in [9.17, 15) is 14.7 Å². The van der Waals surface area contributed by atoms with Crippen molar-refractivity contribution in [2.24, 2.45) is 17.3 Å². The summed E-state index contributed by atoms with van der Waals surface area (Å²) >= 11 is 0. The Morgan fingerprint density at radius 2 is 2.00 bits per heavy atom. The predicted octanol–water partition coefficient (Wildman–Crippen LogP) is 3.44. The fourth-order valence-corrected chi connectivity index (χ4v) is 10.1. The van der Waals surface area contributed by atoms with Crippen LogP contribution in [0.1, 0.15) is 66.4 Å². The van der Waals surface area contributed by atoms with Crippen LogP contribution in [0.3, 0.4) is 0 Å². The number of likely N-dealkylation sites (tertiary alicyclic amines) is 2. The molecule has 4 bridgehead atoms. The first-order valence-electron chi connectivity index (χ1n) is 13.6. The highest BCUT2D eigenvalue weighted by atomic mass is 16.3. The maximum atomic E-state index is 13.6. The van der Waals surface area contributed by atoms with Gasteiger partial charge in [-0.1, -0.05) is 12.5 Å². The van der Waals surface area contributed by atoms with E-state index in [4.69, 9.17) is 0 Å². The van der Waals surface area contributed by atoms with Crippen LogP contribution in [-0.2, 0) is 11.8 Å². The summed E-state index contributed by atoms with van der Waals surface area (Å²) in [5.74, 6) is 1.40. The minimum absolute atomic E-state index is 0.0534. The Balaban J connectivity index is 1.25. The molecule has 2 N–H and O–H groups in total. The molecule has 6 atom stereocenters. The number of nitrogens with zero attached hydrogens (tertiary/aromatic N) is 2. The van der Waals surface area contributed by atoms with E-state index < -0.39 is 0 Å². The second kappa shape index (κ2) is 6.78. The van der Waals surface area contributed by atoms with Gasteiger partial charge in [-0.3, -0.25) is 14.5 Å². The van der Waals surface area contributed by atoms with Gasteiger partial charge in [-0.15, -0.1) is 0 Å². The Hall–Kier alpha value is -2.60. The first-order chi connectivity index (χ1) is 17.0. The summed E-state index contributed by atoms with van der Waals surface area (Å²) in [6.45, 7) is 1.97. The number of carbonyl (C=O) groups is 1. The Labute approximate surface area is 205 Å². The molecule has 6 aliphatic rings. The Morgan fingerprint density at radius 3 is 2.77 bits per heavy atom. The number of pyridine rings is 1. The standard InChI is InChI=1S/C29H33N3O3/c33-21-6-4-17-12-24-28-9-8-23-26(29(28,22(17)13-21)10-11-31(24)20-2-1-3-20)19(14-28)16-32(23)27(35)18-5-7-25(34)30-15-18/h4-7,13,15,19-20,23-24,26,33H,1-3,8-12,14,16H2,(H,30,34)/t19?,23?,24-,26?,28?,29?/m1/s1. The molecule has 3 heterocycles. The minimum atomic E-state index is -0.177. The number of H-pyrrole nitrogens is 1. The maximum absolute atomic E-state index is 13.6. The number of benzene rings is 1. The van der Waals surface area contributed by atoms with E-state index in [1.54, 1.807) is 12.3 Å². The molecule has 2 saturated heterocycles. The summed E-state index contributed by atoms with van der Waals surface area (Å²) in [6.07, 6.45) is 11.3. The lowest BCUT2D eigenvalue weighted by Crippen LogP contribution is -2.71. The van der Waals surface area contributed by atoms with Crippen molar-refractivity contribution in [1.82, 2.24) is 14.8 Å². The van der Waals surface area contributed by atoms with Gasteiger partial charge >= 0.3 is 0 Å². The highest BCUT2D eigenvalue weighted by Crippen LogP contribution is 2.75. The summed E-state index contributed by atoms with van der Waals surface area (Å²) in [4.78, 5) is 32.9.